The number of rotatable bonds is 15. The van der Waals surface area contributed by atoms with Gasteiger partial charge in [0, 0.05) is 25.6 Å². The van der Waals surface area contributed by atoms with Gasteiger partial charge in [-0.25, -0.2) is 17.2 Å². The van der Waals surface area contributed by atoms with Crippen LogP contribution in [0.1, 0.15) is 29.5 Å². The molecule has 1 radical (unpaired) electrons. The molecule has 2 unspecified atom stereocenters. The van der Waals surface area contributed by atoms with Crippen LogP contribution in [0, 0.1) is 18.1 Å². The first kappa shape index (κ1) is 32.1. The van der Waals surface area contributed by atoms with Crippen LogP contribution in [0.4, 0.5) is 22.0 Å². The summed E-state index contributed by atoms with van der Waals surface area (Å²) in [7, 11) is -3.74. The van der Waals surface area contributed by atoms with E-state index in [0.29, 0.717) is 6.07 Å². The van der Waals surface area contributed by atoms with Crippen molar-refractivity contribution in [3.63, 3.8) is 0 Å². The number of nitrogens with one attached hydrogen (secondary N) is 2. The van der Waals surface area contributed by atoms with E-state index in [1.807, 2.05) is 0 Å². The molecule has 0 saturated heterocycles. The van der Waals surface area contributed by atoms with E-state index in [1.54, 1.807) is 0 Å². The number of sulfone groups is 1. The average molecular weight is 579 g/mol. The number of nitrogens with two attached hydrogens (primary N) is 1. The molecule has 0 heterocycles. The predicted octanol–water partition coefficient (Wildman–Crippen LogP) is 2.05. The molecule has 2 amide bonds. The van der Waals surface area contributed by atoms with E-state index in [0.717, 1.165) is 30.7 Å². The van der Waals surface area contributed by atoms with Gasteiger partial charge in [-0.1, -0.05) is 18.2 Å². The van der Waals surface area contributed by atoms with Gasteiger partial charge in [-0.3, -0.25) is 9.59 Å². The summed E-state index contributed by atoms with van der Waals surface area (Å²) in [6, 6.07) is 6.01. The van der Waals surface area contributed by atoms with E-state index in [-0.39, 0.29) is 49.2 Å². The summed E-state index contributed by atoms with van der Waals surface area (Å²) in [4.78, 5) is 23.2. The van der Waals surface area contributed by atoms with Crippen molar-refractivity contribution in [1.29, 1.82) is 0 Å². The van der Waals surface area contributed by atoms with E-state index in [4.69, 9.17) is 5.73 Å². The molecule has 0 aliphatic carbocycles. The number of hydrogen-bond donors (Lipinski definition) is 4. The summed E-state index contributed by atoms with van der Waals surface area (Å²) in [5, 5.41) is 15.9. The Kier molecular flexibility index (Phi) is 11.8. The van der Waals surface area contributed by atoms with Gasteiger partial charge < -0.3 is 21.5 Å². The number of amides is 2. The molecule has 0 fully saturated rings. The molecule has 0 aromatic heterocycles. The van der Waals surface area contributed by atoms with Crippen LogP contribution in [0.25, 0.3) is 0 Å². The fraction of sp³-hybridized carbons (Fsp3) is 0.400. The normalized spacial score (nSPS) is 13.6. The van der Waals surface area contributed by atoms with E-state index in [1.165, 1.54) is 12.1 Å². The van der Waals surface area contributed by atoms with Crippen molar-refractivity contribution in [3.8, 4) is 0 Å². The number of carbonyl (C=O) groups is 2. The minimum absolute atomic E-state index is 0.0167. The number of aliphatic hydroxyl groups excluding tert-OH is 1. The highest BCUT2D eigenvalue weighted by Gasteiger charge is 2.30. The summed E-state index contributed by atoms with van der Waals surface area (Å²) in [5.74, 6) is -4.37. The smallest absolute Gasteiger partial charge is 0.390 e. The highest BCUT2D eigenvalue weighted by Crippen LogP contribution is 2.29. The van der Waals surface area contributed by atoms with Crippen molar-refractivity contribution in [2.45, 2.75) is 44.1 Å². The van der Waals surface area contributed by atoms with Crippen LogP contribution < -0.4 is 16.4 Å². The highest BCUT2D eigenvalue weighted by molar-refractivity contribution is 7.91. The molecule has 0 aliphatic rings. The summed E-state index contributed by atoms with van der Waals surface area (Å²) in [6.07, 6.45) is -5.49. The first-order valence-electron chi connectivity index (χ1n) is 11.8. The van der Waals surface area contributed by atoms with Gasteiger partial charge in [0.1, 0.15) is 11.6 Å². The fourth-order valence-corrected chi connectivity index (χ4v) is 4.78. The van der Waals surface area contributed by atoms with E-state index in [2.05, 4.69) is 10.6 Å². The maximum absolute atomic E-state index is 13.7. The van der Waals surface area contributed by atoms with E-state index in [9.17, 15) is 45.1 Å². The Morgan fingerprint density at radius 2 is 1.72 bits per heavy atom. The summed E-state index contributed by atoms with van der Waals surface area (Å²) < 4.78 is 90.3. The fourth-order valence-electron chi connectivity index (χ4n) is 3.62. The number of carbonyl (C=O) groups excluding carboxylic acids is 2. The van der Waals surface area contributed by atoms with Crippen LogP contribution in [-0.2, 0) is 38.6 Å². The van der Waals surface area contributed by atoms with Gasteiger partial charge in [0.25, 0.3) is 0 Å². The zero-order chi connectivity index (χ0) is 29.2. The van der Waals surface area contributed by atoms with Crippen molar-refractivity contribution in [3.05, 3.63) is 77.2 Å². The Bertz CT molecular complexity index is 1220. The molecule has 2 aromatic carbocycles. The van der Waals surface area contributed by atoms with Crippen LogP contribution in [-0.4, -0.2) is 55.5 Å². The van der Waals surface area contributed by atoms with Crippen LogP contribution in [0.5, 0.6) is 0 Å². The quantitative estimate of drug-likeness (QED) is 0.239. The van der Waals surface area contributed by atoms with Gasteiger partial charge >= 0.3 is 6.18 Å². The van der Waals surface area contributed by atoms with E-state index >= 15 is 0 Å². The van der Waals surface area contributed by atoms with Crippen molar-refractivity contribution >= 4 is 21.7 Å². The molecular weight excluding hydrogens is 549 g/mol. The third kappa shape index (κ3) is 12.1. The van der Waals surface area contributed by atoms with Crippen LogP contribution in [0.15, 0.2) is 42.5 Å². The molecule has 0 saturated carbocycles. The molecule has 0 aliphatic heterocycles. The lowest BCUT2D eigenvalue weighted by molar-refractivity contribution is -0.137. The Morgan fingerprint density at radius 1 is 1.05 bits per heavy atom. The Hall–Kier alpha value is -3.10. The number of halogens is 5. The van der Waals surface area contributed by atoms with Gasteiger partial charge in [-0.05, 0) is 42.2 Å². The summed E-state index contributed by atoms with van der Waals surface area (Å²) in [6.45, 7) is -0.295. The minimum Gasteiger partial charge on any atom is -0.390 e. The van der Waals surface area contributed by atoms with Crippen LogP contribution >= 0.6 is 0 Å². The van der Waals surface area contributed by atoms with Gasteiger partial charge in [0.2, 0.25) is 11.8 Å². The third-order valence-corrected chi connectivity index (χ3v) is 7.09. The van der Waals surface area contributed by atoms with Crippen molar-refractivity contribution in [2.24, 2.45) is 5.73 Å². The molecule has 0 bridgehead atoms. The Balaban J connectivity index is 2.04. The zero-order valence-corrected chi connectivity index (χ0v) is 21.5. The maximum atomic E-state index is 13.7. The lowest BCUT2D eigenvalue weighted by Gasteiger charge is -2.25. The molecule has 2 aromatic rings. The summed E-state index contributed by atoms with van der Waals surface area (Å²) in [5.41, 5.74) is 4.50. The molecule has 8 nitrogen and oxygen atoms in total. The molecule has 2 atom stereocenters. The van der Waals surface area contributed by atoms with Crippen molar-refractivity contribution in [2.75, 3.05) is 18.1 Å². The van der Waals surface area contributed by atoms with Gasteiger partial charge in [-0.15, -0.1) is 0 Å². The molecule has 2 rings (SSSR count). The van der Waals surface area contributed by atoms with Gasteiger partial charge in [-0.2, -0.15) is 13.2 Å². The molecule has 215 valence electrons. The topological polar surface area (TPSA) is 139 Å². The first-order chi connectivity index (χ1) is 18.1. The largest absolute Gasteiger partial charge is 0.416 e. The number of alkyl halides is 3. The second-order valence-corrected chi connectivity index (χ2v) is 11.1. The zero-order valence-electron chi connectivity index (χ0n) is 20.7. The van der Waals surface area contributed by atoms with Crippen molar-refractivity contribution in [1.82, 2.24) is 10.6 Å². The first-order valence-corrected chi connectivity index (χ1v) is 13.6. The highest BCUT2D eigenvalue weighted by atomic mass is 32.2. The third-order valence-electron chi connectivity index (χ3n) is 5.51. The standard InChI is InChI=1S/C25H29F5N3O5S/c26-19-10-17(11-20(27)13-19)12-21(33-24(36)6-8-39(37,38)7-2-5-23(31)35)22(34)15-32-14-16-3-1-4-18(9-16)25(28,29)30/h1,3-4,6,9-11,13,21-22,32,34H,2,5,7-8,12,14-15H2,(H2,31,35)(H,33,36). The second-order valence-electron chi connectivity index (χ2n) is 8.88. The summed E-state index contributed by atoms with van der Waals surface area (Å²) >= 11 is 0. The number of benzene rings is 2. The minimum atomic E-state index is -4.53. The lowest BCUT2D eigenvalue weighted by Crippen LogP contribution is -2.49. The molecule has 0 spiro atoms. The molecule has 5 N–H and O–H groups in total. The number of hydrogen-bond acceptors (Lipinski definition) is 6. The molecule has 14 heteroatoms. The van der Waals surface area contributed by atoms with Gasteiger partial charge in [0.15, 0.2) is 9.84 Å². The monoisotopic (exact) mass is 578 g/mol. The molecular formula is C25H29F5N3O5S. The number of aliphatic hydroxyl groups is 1. The van der Waals surface area contributed by atoms with Crippen LogP contribution in [0.3, 0.4) is 0 Å². The second kappa shape index (κ2) is 14.3. The average Bonchev–Trinajstić information content (AvgIpc) is 2.81. The Labute approximate surface area is 222 Å². The van der Waals surface area contributed by atoms with Gasteiger partial charge in [0.05, 0.1) is 35.6 Å². The Morgan fingerprint density at radius 3 is 2.33 bits per heavy atom. The SMILES string of the molecule is NC(=O)CCCS(=O)(=O)C[CH]C(=O)NC(Cc1cc(F)cc(F)c1)C(O)CNCc1cccc(C(F)(F)F)c1. The van der Waals surface area contributed by atoms with Crippen molar-refractivity contribution < 1.29 is 45.1 Å². The molecule has 39 heavy (non-hydrogen) atoms. The maximum Gasteiger partial charge on any atom is 0.416 e. The van der Waals surface area contributed by atoms with E-state index < -0.39 is 62.9 Å². The number of primary amides is 1. The lowest BCUT2D eigenvalue weighted by atomic mass is 10.0. The van der Waals surface area contributed by atoms with Crippen LogP contribution in [0.2, 0.25) is 0 Å². The predicted molar refractivity (Wildman–Crippen MR) is 133 cm³/mol.